The lowest BCUT2D eigenvalue weighted by molar-refractivity contribution is -0.0444. The van der Waals surface area contributed by atoms with Crippen LogP contribution in [0.15, 0.2) is 12.1 Å². The van der Waals surface area contributed by atoms with Gasteiger partial charge in [-0.2, -0.15) is 0 Å². The van der Waals surface area contributed by atoms with Gasteiger partial charge in [0.15, 0.2) is 11.5 Å². The van der Waals surface area contributed by atoms with Crippen LogP contribution >= 0.6 is 0 Å². The quantitative estimate of drug-likeness (QED) is 0.885. The number of aryl methyl sites for hydroxylation is 1. The van der Waals surface area contributed by atoms with Gasteiger partial charge < -0.3 is 14.6 Å². The summed E-state index contributed by atoms with van der Waals surface area (Å²) in [4.78, 5) is 0. The van der Waals surface area contributed by atoms with E-state index in [0.717, 1.165) is 18.3 Å². The molecule has 2 saturated carbocycles. The summed E-state index contributed by atoms with van der Waals surface area (Å²) < 4.78 is 11.2. The Labute approximate surface area is 139 Å². The van der Waals surface area contributed by atoms with Gasteiger partial charge in [0.1, 0.15) is 0 Å². The fourth-order valence-corrected chi connectivity index (χ4v) is 6.09. The van der Waals surface area contributed by atoms with Crippen LogP contribution in [0.5, 0.6) is 11.5 Å². The van der Waals surface area contributed by atoms with Crippen molar-refractivity contribution < 1.29 is 14.6 Å². The molecule has 3 unspecified atom stereocenters. The predicted octanol–water partition coefficient (Wildman–Crippen LogP) is 4.27. The van der Waals surface area contributed by atoms with Gasteiger partial charge in [-0.3, -0.25) is 0 Å². The van der Waals surface area contributed by atoms with Crippen molar-refractivity contribution in [3.8, 4) is 11.5 Å². The van der Waals surface area contributed by atoms with Crippen LogP contribution in [0.3, 0.4) is 0 Å². The molecular formula is C20H28O3. The van der Waals surface area contributed by atoms with Crippen LogP contribution < -0.4 is 4.74 Å². The van der Waals surface area contributed by atoms with Crippen molar-refractivity contribution in [2.45, 2.75) is 57.5 Å². The molecule has 0 heterocycles. The summed E-state index contributed by atoms with van der Waals surface area (Å²) in [5.41, 5.74) is 3.11. The predicted molar refractivity (Wildman–Crippen MR) is 90.1 cm³/mol. The van der Waals surface area contributed by atoms with Gasteiger partial charge in [0.05, 0.1) is 13.2 Å². The zero-order valence-electron chi connectivity index (χ0n) is 14.5. The van der Waals surface area contributed by atoms with Crippen LogP contribution in [0.1, 0.15) is 56.1 Å². The molecule has 5 atom stereocenters. The van der Waals surface area contributed by atoms with Crippen molar-refractivity contribution in [3.05, 3.63) is 23.3 Å². The van der Waals surface area contributed by atoms with Crippen molar-refractivity contribution in [2.75, 3.05) is 14.2 Å². The highest BCUT2D eigenvalue weighted by atomic mass is 16.5. The van der Waals surface area contributed by atoms with Crippen LogP contribution in [0.4, 0.5) is 0 Å². The zero-order chi connectivity index (χ0) is 16.2. The molecule has 1 N–H and O–H groups in total. The second-order valence-electron chi connectivity index (χ2n) is 7.98. The number of phenolic OH excluding ortho intramolecular Hbond substituents is 1. The van der Waals surface area contributed by atoms with Crippen molar-refractivity contribution in [2.24, 2.45) is 17.3 Å². The number of rotatable bonds is 2. The molecule has 0 aliphatic heterocycles. The zero-order valence-corrected chi connectivity index (χ0v) is 14.5. The molecule has 3 aliphatic carbocycles. The molecule has 0 bridgehead atoms. The standard InChI is InChI=1S/C20H28O3/c1-20-9-8-13-14(16(20)6-7-19(20)23-3)5-4-12-10-17(21)18(22-2)11-15(12)13/h10-11,13-14,16,19,21H,4-9H2,1-3H3/t13?,14?,16?,19-,20-/m0/s1. The number of hydrogen-bond acceptors (Lipinski definition) is 3. The third kappa shape index (κ3) is 2.12. The van der Waals surface area contributed by atoms with Crippen LogP contribution in [0.2, 0.25) is 0 Å². The first-order valence-corrected chi connectivity index (χ1v) is 9.01. The number of hydrogen-bond donors (Lipinski definition) is 1. The average molecular weight is 316 g/mol. The number of phenols is 1. The molecule has 0 spiro atoms. The van der Waals surface area contributed by atoms with E-state index in [1.54, 1.807) is 7.11 Å². The Hall–Kier alpha value is -1.22. The molecule has 0 saturated heterocycles. The fraction of sp³-hybridized carbons (Fsp3) is 0.700. The van der Waals surface area contributed by atoms with E-state index < -0.39 is 0 Å². The van der Waals surface area contributed by atoms with E-state index in [2.05, 4.69) is 13.0 Å². The highest BCUT2D eigenvalue weighted by molar-refractivity contribution is 5.49. The van der Waals surface area contributed by atoms with Gasteiger partial charge >= 0.3 is 0 Å². The smallest absolute Gasteiger partial charge is 0.160 e. The monoisotopic (exact) mass is 316 g/mol. The lowest BCUT2D eigenvalue weighted by atomic mass is 9.55. The fourth-order valence-electron chi connectivity index (χ4n) is 6.09. The van der Waals surface area contributed by atoms with E-state index >= 15 is 0 Å². The molecule has 23 heavy (non-hydrogen) atoms. The maximum Gasteiger partial charge on any atom is 0.160 e. The number of fused-ring (bicyclic) bond motifs is 5. The van der Waals surface area contributed by atoms with E-state index in [4.69, 9.17) is 9.47 Å². The summed E-state index contributed by atoms with van der Waals surface area (Å²) in [6.45, 7) is 2.46. The summed E-state index contributed by atoms with van der Waals surface area (Å²) in [6.07, 6.45) is 7.77. The van der Waals surface area contributed by atoms with Gasteiger partial charge in [-0.15, -0.1) is 0 Å². The minimum atomic E-state index is 0.283. The van der Waals surface area contributed by atoms with Gasteiger partial charge in [-0.05, 0) is 85.0 Å². The van der Waals surface area contributed by atoms with Crippen LogP contribution in [-0.4, -0.2) is 25.4 Å². The van der Waals surface area contributed by atoms with Gasteiger partial charge in [-0.1, -0.05) is 6.92 Å². The number of ether oxygens (including phenoxy) is 2. The number of methoxy groups -OCH3 is 2. The lowest BCUT2D eigenvalue weighted by Gasteiger charge is -2.50. The Bertz CT molecular complexity index is 611. The second kappa shape index (κ2) is 5.41. The molecule has 2 fully saturated rings. The Morgan fingerprint density at radius 2 is 1.96 bits per heavy atom. The van der Waals surface area contributed by atoms with E-state index in [0.29, 0.717) is 23.2 Å². The topological polar surface area (TPSA) is 38.7 Å². The third-order valence-electron chi connectivity index (χ3n) is 7.22. The first-order valence-electron chi connectivity index (χ1n) is 9.01. The first-order chi connectivity index (χ1) is 11.1. The highest BCUT2D eigenvalue weighted by Crippen LogP contribution is 2.61. The summed E-state index contributed by atoms with van der Waals surface area (Å²) in [7, 11) is 3.52. The van der Waals surface area contributed by atoms with E-state index in [9.17, 15) is 5.11 Å². The maximum absolute atomic E-state index is 10.1. The largest absolute Gasteiger partial charge is 0.504 e. The first kappa shape index (κ1) is 15.3. The molecule has 0 radical (unpaired) electrons. The van der Waals surface area contributed by atoms with Crippen molar-refractivity contribution in [3.63, 3.8) is 0 Å². The Morgan fingerprint density at radius 3 is 2.70 bits per heavy atom. The summed E-state index contributed by atoms with van der Waals surface area (Å²) in [5.74, 6) is 3.07. The van der Waals surface area contributed by atoms with Crippen molar-refractivity contribution >= 4 is 0 Å². The van der Waals surface area contributed by atoms with E-state index in [1.807, 2.05) is 13.2 Å². The molecule has 0 aromatic heterocycles. The molecule has 1 aromatic rings. The molecule has 3 aliphatic rings. The van der Waals surface area contributed by atoms with Crippen molar-refractivity contribution in [1.29, 1.82) is 0 Å². The summed E-state index contributed by atoms with van der Waals surface area (Å²) in [5, 5.41) is 10.1. The van der Waals surface area contributed by atoms with Crippen LogP contribution in [0, 0.1) is 17.3 Å². The minimum absolute atomic E-state index is 0.283. The Balaban J connectivity index is 1.70. The Morgan fingerprint density at radius 1 is 1.13 bits per heavy atom. The SMILES string of the molecule is COc1cc2c(cc1O)CCC1C2CC[C@@]2(C)C1CC[C@@H]2OC. The molecule has 3 heteroatoms. The molecule has 3 nitrogen and oxygen atoms in total. The highest BCUT2D eigenvalue weighted by Gasteiger charge is 2.55. The summed E-state index contributed by atoms with van der Waals surface area (Å²) in [6, 6.07) is 4.04. The lowest BCUT2D eigenvalue weighted by Crippen LogP contribution is -2.44. The number of aromatic hydroxyl groups is 1. The summed E-state index contributed by atoms with van der Waals surface area (Å²) >= 11 is 0. The van der Waals surface area contributed by atoms with Gasteiger partial charge in [0, 0.05) is 7.11 Å². The van der Waals surface area contributed by atoms with Crippen LogP contribution in [0.25, 0.3) is 0 Å². The normalized spacial score (nSPS) is 38.6. The van der Waals surface area contributed by atoms with E-state index in [-0.39, 0.29) is 5.75 Å². The van der Waals surface area contributed by atoms with Gasteiger partial charge in [0.25, 0.3) is 0 Å². The van der Waals surface area contributed by atoms with E-state index in [1.165, 1.54) is 43.2 Å². The molecule has 4 rings (SSSR count). The molecule has 126 valence electrons. The Kier molecular flexibility index (Phi) is 3.60. The third-order valence-corrected chi connectivity index (χ3v) is 7.22. The van der Waals surface area contributed by atoms with Crippen molar-refractivity contribution in [1.82, 2.24) is 0 Å². The maximum atomic E-state index is 10.1. The average Bonchev–Trinajstić information content (AvgIpc) is 2.90. The van der Waals surface area contributed by atoms with Gasteiger partial charge in [0.2, 0.25) is 0 Å². The molecule has 1 aromatic carbocycles. The van der Waals surface area contributed by atoms with Gasteiger partial charge in [-0.25, -0.2) is 0 Å². The molecular weight excluding hydrogens is 288 g/mol. The van der Waals surface area contributed by atoms with Crippen LogP contribution in [-0.2, 0) is 11.2 Å². The number of benzene rings is 1. The minimum Gasteiger partial charge on any atom is -0.504 e. The second-order valence-corrected chi connectivity index (χ2v) is 7.98. The molecule has 0 amide bonds.